The first-order valence-corrected chi connectivity index (χ1v) is 16.9. The van der Waals surface area contributed by atoms with Gasteiger partial charge in [0.25, 0.3) is 5.91 Å². The van der Waals surface area contributed by atoms with Gasteiger partial charge in [-0.2, -0.15) is 23.5 Å². The first-order valence-electron chi connectivity index (χ1n) is 14.5. The van der Waals surface area contributed by atoms with Gasteiger partial charge in [0.2, 0.25) is 0 Å². The molecule has 2 N–H and O–H groups in total. The van der Waals surface area contributed by atoms with Crippen LogP contribution in [0.15, 0.2) is 42.5 Å². The van der Waals surface area contributed by atoms with E-state index < -0.39 is 12.0 Å². The number of carboxylic acids is 1. The van der Waals surface area contributed by atoms with Crippen LogP contribution in [0.5, 0.6) is 0 Å². The van der Waals surface area contributed by atoms with E-state index in [-0.39, 0.29) is 35.6 Å². The Bertz CT molecular complexity index is 1110. The van der Waals surface area contributed by atoms with Crippen molar-refractivity contribution in [2.45, 2.75) is 96.1 Å². The normalized spacial score (nSPS) is 15.5. The molecule has 3 rings (SSSR count). The Balaban J connectivity index is 0.00000588. The van der Waals surface area contributed by atoms with Gasteiger partial charge in [0.1, 0.15) is 6.04 Å². The van der Waals surface area contributed by atoms with Crippen molar-refractivity contribution >= 4 is 54.3 Å². The molecule has 41 heavy (non-hydrogen) atoms. The maximum atomic E-state index is 13.4. The van der Waals surface area contributed by atoms with Crippen LogP contribution in [-0.4, -0.2) is 70.5 Å². The van der Waals surface area contributed by atoms with E-state index in [9.17, 15) is 14.7 Å². The van der Waals surface area contributed by atoms with E-state index in [1.807, 2.05) is 67.4 Å². The number of carbonyl (C=O) groups is 2. The molecule has 0 heterocycles. The number of benzene rings is 2. The van der Waals surface area contributed by atoms with Gasteiger partial charge in [-0.25, -0.2) is 4.79 Å². The summed E-state index contributed by atoms with van der Waals surface area (Å²) in [5.74, 6) is 0.991. The Labute approximate surface area is 267 Å². The fraction of sp³-hybridized carbons (Fsp3) is 0.576. The molecule has 2 aromatic carbocycles. The molecule has 5 nitrogen and oxygen atoms in total. The number of rotatable bonds is 14. The number of amides is 1. The third-order valence-electron chi connectivity index (χ3n) is 7.49. The van der Waals surface area contributed by atoms with Crippen LogP contribution in [0.25, 0.3) is 11.1 Å². The van der Waals surface area contributed by atoms with Crippen molar-refractivity contribution < 1.29 is 19.4 Å². The Morgan fingerprint density at radius 1 is 1.07 bits per heavy atom. The first kappa shape index (κ1) is 35.8. The van der Waals surface area contributed by atoms with Crippen LogP contribution in [0.3, 0.4) is 0 Å². The molecule has 222 valence electrons. The molecular formula is C33H48LiNO4S2. The fourth-order valence-corrected chi connectivity index (χ4v) is 6.63. The maximum absolute atomic E-state index is 13.4. The molecule has 0 radical (unpaired) electrons. The Morgan fingerprint density at radius 3 is 2.41 bits per heavy atom. The van der Waals surface area contributed by atoms with Gasteiger partial charge in [-0.05, 0) is 72.1 Å². The van der Waals surface area contributed by atoms with Gasteiger partial charge in [-0.15, -0.1) is 0 Å². The Kier molecular flexibility index (Phi) is 15.5. The zero-order valence-corrected chi connectivity index (χ0v) is 26.5. The molecule has 1 amide bonds. The molecule has 0 saturated heterocycles. The minimum atomic E-state index is -1.01. The summed E-state index contributed by atoms with van der Waals surface area (Å²) in [6, 6.07) is 12.9. The standard InChI is InChI=1S/C33H47NO4S2.Li.H/c1-23-11-9-10-14-27(23)29-20-25(15-16-28(29)31(35)34-30(32(36)37)17-18-39-5)21-38-26(22-40-33(2,3)4)19-24-12-7-6-8-13-24;;/h9-11,14-16,20,24,26,30H,6-8,12-13,17-19,21-22H2,1-5H3,(H,34,35)(H,36,37);;. The zero-order valence-electron chi connectivity index (χ0n) is 24.8. The van der Waals surface area contributed by atoms with Crippen LogP contribution < -0.4 is 5.32 Å². The Morgan fingerprint density at radius 2 is 1.78 bits per heavy atom. The number of hydrogen-bond donors (Lipinski definition) is 2. The molecular weight excluding hydrogens is 545 g/mol. The second kappa shape index (κ2) is 17.7. The fourth-order valence-electron chi connectivity index (χ4n) is 5.24. The number of ether oxygens (including phenoxy) is 1. The average Bonchev–Trinajstić information content (AvgIpc) is 2.92. The van der Waals surface area contributed by atoms with Crippen molar-refractivity contribution in [2.75, 3.05) is 17.8 Å². The van der Waals surface area contributed by atoms with Crippen molar-refractivity contribution in [1.29, 1.82) is 0 Å². The van der Waals surface area contributed by atoms with E-state index in [4.69, 9.17) is 4.74 Å². The summed E-state index contributed by atoms with van der Waals surface area (Å²) >= 11 is 3.53. The summed E-state index contributed by atoms with van der Waals surface area (Å²) in [6.45, 7) is 9.27. The minimum absolute atomic E-state index is 0. The van der Waals surface area contributed by atoms with Crippen molar-refractivity contribution in [2.24, 2.45) is 5.92 Å². The quantitative estimate of drug-likeness (QED) is 0.223. The van der Waals surface area contributed by atoms with Gasteiger partial charge in [0.15, 0.2) is 0 Å². The summed E-state index contributed by atoms with van der Waals surface area (Å²) in [6.07, 6.45) is 10.2. The van der Waals surface area contributed by atoms with E-state index in [1.165, 1.54) is 32.1 Å². The number of carboxylic acid groups (broad SMARTS) is 1. The van der Waals surface area contributed by atoms with Gasteiger partial charge in [-0.3, -0.25) is 4.79 Å². The summed E-state index contributed by atoms with van der Waals surface area (Å²) < 4.78 is 6.77. The van der Waals surface area contributed by atoms with Crippen molar-refractivity contribution in [3.05, 3.63) is 59.2 Å². The van der Waals surface area contributed by atoms with Gasteiger partial charge >= 0.3 is 24.8 Å². The number of aryl methyl sites for hydroxylation is 1. The van der Waals surface area contributed by atoms with Gasteiger partial charge in [0, 0.05) is 16.1 Å². The topological polar surface area (TPSA) is 75.6 Å². The van der Waals surface area contributed by atoms with Crippen LogP contribution >= 0.6 is 23.5 Å². The van der Waals surface area contributed by atoms with Crippen LogP contribution in [0, 0.1) is 12.8 Å². The van der Waals surface area contributed by atoms with Gasteiger partial charge < -0.3 is 15.2 Å². The molecule has 1 aliphatic rings. The molecule has 8 heteroatoms. The summed E-state index contributed by atoms with van der Waals surface area (Å²) in [5.41, 5.74) is 4.33. The van der Waals surface area contributed by atoms with Crippen molar-refractivity contribution in [3.8, 4) is 11.1 Å². The number of nitrogens with one attached hydrogen (secondary N) is 1. The van der Waals surface area contributed by atoms with E-state index in [0.29, 0.717) is 24.3 Å². The molecule has 1 fully saturated rings. The SMILES string of the molecule is CSCCC(NC(=O)c1ccc(COC(CSC(C)(C)C)CC2CCCCC2)cc1-c1ccccc1C)C(=O)O.[LiH]. The third-order valence-corrected chi connectivity index (χ3v) is 9.54. The van der Waals surface area contributed by atoms with Crippen molar-refractivity contribution in [1.82, 2.24) is 5.32 Å². The van der Waals surface area contributed by atoms with Crippen LogP contribution in [0.1, 0.15) is 87.2 Å². The number of hydrogen-bond acceptors (Lipinski definition) is 5. The van der Waals surface area contributed by atoms with Gasteiger partial charge in [-0.1, -0.05) is 83.2 Å². The summed E-state index contributed by atoms with van der Waals surface area (Å²) in [4.78, 5) is 25.2. The van der Waals surface area contributed by atoms with Crippen LogP contribution in [-0.2, 0) is 16.1 Å². The third kappa shape index (κ3) is 12.0. The van der Waals surface area contributed by atoms with Crippen molar-refractivity contribution in [3.63, 3.8) is 0 Å². The molecule has 0 aromatic heterocycles. The number of thioether (sulfide) groups is 2. The molecule has 2 aromatic rings. The number of aliphatic carboxylic acids is 1. The number of carbonyl (C=O) groups excluding carboxylic acids is 1. The van der Waals surface area contributed by atoms with E-state index in [0.717, 1.165) is 40.3 Å². The second-order valence-electron chi connectivity index (χ2n) is 11.9. The molecule has 2 atom stereocenters. The second-order valence-corrected chi connectivity index (χ2v) is 14.8. The van der Waals surface area contributed by atoms with Crippen LogP contribution in [0.4, 0.5) is 0 Å². The molecule has 2 unspecified atom stereocenters. The Hall–Kier alpha value is -1.36. The average molecular weight is 594 g/mol. The molecule has 1 aliphatic carbocycles. The van der Waals surface area contributed by atoms with E-state index in [2.05, 4.69) is 26.1 Å². The zero-order chi connectivity index (χ0) is 29.1. The summed E-state index contributed by atoms with van der Waals surface area (Å²) in [5, 5.41) is 12.4. The molecule has 0 aliphatic heterocycles. The van der Waals surface area contributed by atoms with E-state index in [1.54, 1.807) is 11.8 Å². The molecule has 1 saturated carbocycles. The monoisotopic (exact) mass is 593 g/mol. The first-order chi connectivity index (χ1) is 19.1. The molecule has 0 bridgehead atoms. The predicted octanol–water partition coefficient (Wildman–Crippen LogP) is 7.34. The predicted molar refractivity (Wildman–Crippen MR) is 178 cm³/mol. The van der Waals surface area contributed by atoms with Gasteiger partial charge in [0.05, 0.1) is 12.7 Å². The van der Waals surface area contributed by atoms with E-state index >= 15 is 0 Å². The van der Waals surface area contributed by atoms with Crippen LogP contribution in [0.2, 0.25) is 0 Å². The summed E-state index contributed by atoms with van der Waals surface area (Å²) in [7, 11) is 0. The molecule has 0 spiro atoms.